The number of aliphatic hydroxyl groups is 1. The second-order valence-corrected chi connectivity index (χ2v) is 3.63. The van der Waals surface area contributed by atoms with Crippen LogP contribution >= 0.6 is 0 Å². The van der Waals surface area contributed by atoms with Crippen LogP contribution < -0.4 is 4.90 Å². The van der Waals surface area contributed by atoms with Gasteiger partial charge in [0.05, 0.1) is 6.10 Å². The highest BCUT2D eigenvalue weighted by molar-refractivity contribution is 5.32. The Hall–Kier alpha value is -1.37. The normalized spacial score (nSPS) is 21.5. The molecule has 0 radical (unpaired) electrons. The van der Waals surface area contributed by atoms with Crippen LogP contribution in [0.4, 0.5) is 19.1 Å². The van der Waals surface area contributed by atoms with Gasteiger partial charge in [0, 0.05) is 19.3 Å². The van der Waals surface area contributed by atoms with Gasteiger partial charge in [-0.1, -0.05) is 0 Å². The number of aliphatic hydroxyl groups excluding tert-OH is 1. The summed E-state index contributed by atoms with van der Waals surface area (Å²) in [4.78, 5) is 8.75. The summed E-state index contributed by atoms with van der Waals surface area (Å²) in [6.07, 6.45) is -3.37. The van der Waals surface area contributed by atoms with Crippen LogP contribution in [0.25, 0.3) is 0 Å². The van der Waals surface area contributed by atoms with Crippen molar-refractivity contribution in [3.63, 3.8) is 0 Å². The highest BCUT2D eigenvalue weighted by Crippen LogP contribution is 2.28. The Kier molecular flexibility index (Phi) is 2.71. The van der Waals surface area contributed by atoms with Crippen LogP contribution in [-0.4, -0.2) is 34.3 Å². The van der Waals surface area contributed by atoms with E-state index in [9.17, 15) is 18.3 Å². The average Bonchev–Trinajstić information content (AvgIpc) is 2.64. The Labute approximate surface area is 89.7 Å². The first kappa shape index (κ1) is 11.1. The predicted octanol–water partition coefficient (Wildman–Crippen LogP) is 1.07. The van der Waals surface area contributed by atoms with E-state index in [-0.39, 0.29) is 12.5 Å². The molecule has 1 aromatic heterocycles. The molecule has 2 rings (SSSR count). The molecule has 16 heavy (non-hydrogen) atoms. The number of β-amino-alcohol motifs (C(OH)–C–C–N with tert-alkyl or cyclic N) is 1. The van der Waals surface area contributed by atoms with Gasteiger partial charge in [-0.05, 0) is 12.5 Å². The van der Waals surface area contributed by atoms with E-state index in [0.717, 1.165) is 12.3 Å². The van der Waals surface area contributed by atoms with Crippen LogP contribution in [0.2, 0.25) is 0 Å². The zero-order chi connectivity index (χ0) is 11.8. The third-order valence-electron chi connectivity index (χ3n) is 2.38. The van der Waals surface area contributed by atoms with Gasteiger partial charge in [-0.2, -0.15) is 13.2 Å². The van der Waals surface area contributed by atoms with E-state index in [0.29, 0.717) is 13.0 Å². The maximum atomic E-state index is 12.4. The number of alkyl halides is 3. The molecule has 88 valence electrons. The third-order valence-corrected chi connectivity index (χ3v) is 2.38. The molecule has 1 aliphatic rings. The molecule has 0 aromatic carbocycles. The quantitative estimate of drug-likeness (QED) is 0.788. The lowest BCUT2D eigenvalue weighted by Crippen LogP contribution is -2.24. The van der Waals surface area contributed by atoms with Gasteiger partial charge in [0.1, 0.15) is 5.69 Å². The molecule has 1 unspecified atom stereocenters. The smallest absolute Gasteiger partial charge is 0.391 e. The monoisotopic (exact) mass is 233 g/mol. The summed E-state index contributed by atoms with van der Waals surface area (Å²) >= 11 is 0. The molecular formula is C9H10F3N3O. The number of nitrogens with zero attached hydrogens (tertiary/aromatic N) is 3. The van der Waals surface area contributed by atoms with Gasteiger partial charge >= 0.3 is 6.18 Å². The topological polar surface area (TPSA) is 49.2 Å². The fraction of sp³-hybridized carbons (Fsp3) is 0.556. The maximum Gasteiger partial charge on any atom is 0.433 e. The number of halogens is 3. The van der Waals surface area contributed by atoms with Crippen LogP contribution in [0.5, 0.6) is 0 Å². The number of aromatic nitrogens is 2. The standard InChI is InChI=1S/C9H10F3N3O/c10-9(11,12)7-1-3-13-8(14-7)15-4-2-6(16)5-15/h1,3,6,16H,2,4-5H2. The third kappa shape index (κ3) is 2.24. The molecule has 7 heteroatoms. The summed E-state index contributed by atoms with van der Waals surface area (Å²) in [6, 6.07) is 0.829. The Morgan fingerprint density at radius 3 is 2.75 bits per heavy atom. The SMILES string of the molecule is OC1CCN(c2nccc(C(F)(F)F)n2)C1. The predicted molar refractivity (Wildman–Crippen MR) is 49.9 cm³/mol. The average molecular weight is 233 g/mol. The Morgan fingerprint density at radius 1 is 1.44 bits per heavy atom. The second-order valence-electron chi connectivity index (χ2n) is 3.63. The van der Waals surface area contributed by atoms with Gasteiger partial charge in [0.25, 0.3) is 0 Å². The van der Waals surface area contributed by atoms with E-state index < -0.39 is 18.0 Å². The lowest BCUT2D eigenvalue weighted by Gasteiger charge is -2.16. The maximum absolute atomic E-state index is 12.4. The molecule has 0 spiro atoms. The van der Waals surface area contributed by atoms with E-state index in [1.54, 1.807) is 4.90 Å². The number of anilines is 1. The summed E-state index contributed by atoms with van der Waals surface area (Å²) in [6.45, 7) is 0.754. The van der Waals surface area contributed by atoms with Crippen molar-refractivity contribution < 1.29 is 18.3 Å². The molecule has 1 aromatic rings. The lowest BCUT2D eigenvalue weighted by molar-refractivity contribution is -0.141. The van der Waals surface area contributed by atoms with Crippen molar-refractivity contribution in [2.45, 2.75) is 18.7 Å². The van der Waals surface area contributed by atoms with Gasteiger partial charge in [-0.3, -0.25) is 0 Å². The van der Waals surface area contributed by atoms with Crippen molar-refractivity contribution in [1.29, 1.82) is 0 Å². The Balaban J connectivity index is 2.23. The zero-order valence-electron chi connectivity index (χ0n) is 8.28. The van der Waals surface area contributed by atoms with E-state index in [2.05, 4.69) is 9.97 Å². The van der Waals surface area contributed by atoms with Crippen LogP contribution in [-0.2, 0) is 6.18 Å². The minimum Gasteiger partial charge on any atom is -0.391 e. The highest BCUT2D eigenvalue weighted by Gasteiger charge is 2.33. The van der Waals surface area contributed by atoms with Crippen molar-refractivity contribution in [2.75, 3.05) is 18.0 Å². The molecule has 1 fully saturated rings. The fourth-order valence-corrected chi connectivity index (χ4v) is 1.58. The molecule has 0 amide bonds. The Morgan fingerprint density at radius 2 is 2.19 bits per heavy atom. The van der Waals surface area contributed by atoms with Crippen molar-refractivity contribution in [3.8, 4) is 0 Å². The lowest BCUT2D eigenvalue weighted by atomic mass is 10.3. The molecule has 4 nitrogen and oxygen atoms in total. The highest BCUT2D eigenvalue weighted by atomic mass is 19.4. The van der Waals surface area contributed by atoms with Crippen LogP contribution in [0, 0.1) is 0 Å². The first-order valence-electron chi connectivity index (χ1n) is 4.80. The zero-order valence-corrected chi connectivity index (χ0v) is 8.28. The van der Waals surface area contributed by atoms with Crippen molar-refractivity contribution >= 4 is 5.95 Å². The molecule has 2 heterocycles. The minimum atomic E-state index is -4.46. The van der Waals surface area contributed by atoms with E-state index >= 15 is 0 Å². The number of rotatable bonds is 1. The molecule has 0 saturated carbocycles. The van der Waals surface area contributed by atoms with Crippen LogP contribution in [0.1, 0.15) is 12.1 Å². The van der Waals surface area contributed by atoms with Gasteiger partial charge in [-0.25, -0.2) is 9.97 Å². The van der Waals surface area contributed by atoms with Gasteiger partial charge in [0.15, 0.2) is 0 Å². The first-order valence-corrected chi connectivity index (χ1v) is 4.80. The van der Waals surface area contributed by atoms with E-state index in [1.165, 1.54) is 0 Å². The van der Waals surface area contributed by atoms with Gasteiger partial charge < -0.3 is 10.0 Å². The number of hydrogen-bond donors (Lipinski definition) is 1. The molecular weight excluding hydrogens is 223 g/mol. The summed E-state index contributed by atoms with van der Waals surface area (Å²) in [5, 5.41) is 9.27. The van der Waals surface area contributed by atoms with Crippen molar-refractivity contribution in [3.05, 3.63) is 18.0 Å². The Bertz CT molecular complexity index is 383. The molecule has 1 atom stereocenters. The van der Waals surface area contributed by atoms with E-state index in [4.69, 9.17) is 0 Å². The van der Waals surface area contributed by atoms with E-state index in [1.807, 2.05) is 0 Å². The summed E-state index contributed by atoms with van der Waals surface area (Å²) in [7, 11) is 0. The summed E-state index contributed by atoms with van der Waals surface area (Å²) in [5.74, 6) is 0.0198. The number of hydrogen-bond acceptors (Lipinski definition) is 4. The van der Waals surface area contributed by atoms with Crippen molar-refractivity contribution in [2.24, 2.45) is 0 Å². The summed E-state index contributed by atoms with van der Waals surface area (Å²) in [5.41, 5.74) is -0.959. The molecule has 1 aliphatic heterocycles. The molecule has 0 bridgehead atoms. The van der Waals surface area contributed by atoms with Gasteiger partial charge in [0.2, 0.25) is 5.95 Å². The molecule has 1 N–H and O–H groups in total. The summed E-state index contributed by atoms with van der Waals surface area (Å²) < 4.78 is 37.1. The van der Waals surface area contributed by atoms with Crippen LogP contribution in [0.3, 0.4) is 0 Å². The largest absolute Gasteiger partial charge is 0.433 e. The molecule has 0 aliphatic carbocycles. The fourth-order valence-electron chi connectivity index (χ4n) is 1.58. The first-order chi connectivity index (χ1) is 7.47. The minimum absolute atomic E-state index is 0.0198. The molecule has 1 saturated heterocycles. The van der Waals surface area contributed by atoms with Crippen molar-refractivity contribution in [1.82, 2.24) is 9.97 Å². The van der Waals surface area contributed by atoms with Crippen LogP contribution in [0.15, 0.2) is 12.3 Å². The van der Waals surface area contributed by atoms with Gasteiger partial charge in [-0.15, -0.1) is 0 Å². The second kappa shape index (κ2) is 3.89.